The summed E-state index contributed by atoms with van der Waals surface area (Å²) >= 11 is 0. The molecule has 0 heterocycles. The van der Waals surface area contributed by atoms with Gasteiger partial charge in [-0.05, 0) is 44.5 Å². The summed E-state index contributed by atoms with van der Waals surface area (Å²) in [4.78, 5) is 0. The molecule has 0 amide bonds. The Balaban J connectivity index is 2.92. The van der Waals surface area contributed by atoms with Crippen molar-refractivity contribution < 1.29 is 13.7 Å². The molecule has 0 N–H and O–H groups in total. The zero-order valence-electron chi connectivity index (χ0n) is 11.4. The molecule has 0 aromatic heterocycles. The van der Waals surface area contributed by atoms with E-state index in [1.165, 1.54) is 0 Å². The fourth-order valence-corrected chi connectivity index (χ4v) is 1.73. The van der Waals surface area contributed by atoms with Crippen LogP contribution in [0, 0.1) is 0 Å². The van der Waals surface area contributed by atoms with Crippen LogP contribution in [0.2, 0.25) is 0 Å². The summed E-state index contributed by atoms with van der Waals surface area (Å²) in [6, 6.07) is 5.42. The third-order valence-electron chi connectivity index (χ3n) is 2.23. The highest BCUT2D eigenvalue weighted by molar-refractivity contribution is 7.85. The Bertz CT molecular complexity index is 464. The minimum Gasteiger partial charge on any atom is -0.493 e. The first-order chi connectivity index (χ1) is 8.38. The molecule has 0 bridgehead atoms. The minimum absolute atomic E-state index is 0.354. The molecule has 0 aliphatic rings. The minimum atomic E-state index is -1.26. The topological polar surface area (TPSA) is 47.9 Å². The fraction of sp³-hybridized carbons (Fsp3) is 0.462. The lowest BCUT2D eigenvalue weighted by molar-refractivity contribution is 0.355. The van der Waals surface area contributed by atoms with Crippen molar-refractivity contribution in [1.29, 1.82) is 0 Å². The second-order valence-electron chi connectivity index (χ2n) is 4.71. The van der Waals surface area contributed by atoms with Gasteiger partial charge in [-0.15, -0.1) is 0 Å². The molecule has 1 aromatic rings. The van der Waals surface area contributed by atoms with Crippen LogP contribution in [0.4, 0.5) is 0 Å². The number of ether oxygens (including phenoxy) is 2. The first-order valence-corrected chi connectivity index (χ1v) is 6.67. The zero-order valence-corrected chi connectivity index (χ0v) is 12.2. The largest absolute Gasteiger partial charge is 0.493 e. The highest BCUT2D eigenvalue weighted by Gasteiger charge is 2.18. The molecule has 0 saturated heterocycles. The summed E-state index contributed by atoms with van der Waals surface area (Å²) in [6.07, 6.45) is 1.59. The van der Waals surface area contributed by atoms with Gasteiger partial charge < -0.3 is 9.47 Å². The van der Waals surface area contributed by atoms with Gasteiger partial charge in [-0.25, -0.2) is 4.21 Å². The van der Waals surface area contributed by atoms with E-state index in [1.54, 1.807) is 32.6 Å². The summed E-state index contributed by atoms with van der Waals surface area (Å²) < 4.78 is 25.8. The van der Waals surface area contributed by atoms with Crippen molar-refractivity contribution in [2.75, 3.05) is 14.2 Å². The molecule has 0 radical (unpaired) electrons. The number of hydrogen-bond donors (Lipinski definition) is 0. The van der Waals surface area contributed by atoms with Crippen LogP contribution in [0.15, 0.2) is 22.6 Å². The van der Waals surface area contributed by atoms with Gasteiger partial charge in [0.15, 0.2) is 11.5 Å². The molecular formula is C13H19NO3S. The summed E-state index contributed by atoms with van der Waals surface area (Å²) in [7, 11) is 1.90. The lowest BCUT2D eigenvalue weighted by atomic mass is 10.2. The van der Waals surface area contributed by atoms with Crippen molar-refractivity contribution in [2.24, 2.45) is 4.40 Å². The molecule has 1 aromatic carbocycles. The van der Waals surface area contributed by atoms with E-state index in [0.29, 0.717) is 11.5 Å². The third kappa shape index (κ3) is 3.84. The molecule has 0 saturated carbocycles. The average Bonchev–Trinajstić information content (AvgIpc) is 2.34. The molecule has 0 fully saturated rings. The van der Waals surface area contributed by atoms with Gasteiger partial charge in [0.25, 0.3) is 0 Å². The van der Waals surface area contributed by atoms with E-state index in [2.05, 4.69) is 4.40 Å². The maximum Gasteiger partial charge on any atom is 0.161 e. The van der Waals surface area contributed by atoms with Crippen molar-refractivity contribution >= 4 is 17.2 Å². The first kappa shape index (κ1) is 14.7. The molecule has 5 heteroatoms. The van der Waals surface area contributed by atoms with Crippen LogP contribution >= 0.6 is 0 Å². The molecule has 0 aliphatic carbocycles. The van der Waals surface area contributed by atoms with Gasteiger partial charge in [0.05, 0.1) is 19.0 Å². The van der Waals surface area contributed by atoms with Crippen LogP contribution < -0.4 is 9.47 Å². The Labute approximate surface area is 111 Å². The molecular weight excluding hydrogens is 250 g/mol. The van der Waals surface area contributed by atoms with Crippen LogP contribution in [0.1, 0.15) is 26.3 Å². The van der Waals surface area contributed by atoms with Gasteiger partial charge in [0.2, 0.25) is 0 Å². The van der Waals surface area contributed by atoms with Crippen LogP contribution in [0.25, 0.3) is 0 Å². The van der Waals surface area contributed by atoms with E-state index < -0.39 is 11.0 Å². The maximum absolute atomic E-state index is 11.8. The second-order valence-corrected chi connectivity index (χ2v) is 6.64. The van der Waals surface area contributed by atoms with Gasteiger partial charge in [0.1, 0.15) is 11.0 Å². The SMILES string of the molecule is COc1ccc(C=N[S@@](=O)C(C)(C)C)cc1OC. The van der Waals surface area contributed by atoms with Gasteiger partial charge in [-0.2, -0.15) is 4.40 Å². The molecule has 1 atom stereocenters. The molecule has 18 heavy (non-hydrogen) atoms. The number of hydrogen-bond acceptors (Lipinski definition) is 3. The van der Waals surface area contributed by atoms with Gasteiger partial charge in [-0.3, -0.25) is 0 Å². The van der Waals surface area contributed by atoms with Gasteiger partial charge in [0, 0.05) is 6.21 Å². The molecule has 0 spiro atoms. The summed E-state index contributed by atoms with van der Waals surface area (Å²) in [6.45, 7) is 5.65. The van der Waals surface area contributed by atoms with E-state index in [-0.39, 0.29) is 4.75 Å². The highest BCUT2D eigenvalue weighted by Crippen LogP contribution is 2.27. The van der Waals surface area contributed by atoms with Crippen LogP contribution in [-0.4, -0.2) is 29.4 Å². The average molecular weight is 269 g/mol. The normalized spacial score (nSPS) is 13.6. The Morgan fingerprint density at radius 2 is 1.78 bits per heavy atom. The highest BCUT2D eigenvalue weighted by atomic mass is 32.2. The van der Waals surface area contributed by atoms with E-state index in [1.807, 2.05) is 26.8 Å². The van der Waals surface area contributed by atoms with Gasteiger partial charge >= 0.3 is 0 Å². The van der Waals surface area contributed by atoms with Crippen molar-refractivity contribution in [3.8, 4) is 11.5 Å². The smallest absolute Gasteiger partial charge is 0.161 e. The number of nitrogens with zero attached hydrogens (tertiary/aromatic N) is 1. The summed E-state index contributed by atoms with van der Waals surface area (Å²) in [5.41, 5.74) is 0.824. The number of methoxy groups -OCH3 is 2. The van der Waals surface area contributed by atoms with Crippen molar-refractivity contribution in [3.63, 3.8) is 0 Å². The van der Waals surface area contributed by atoms with Crippen LogP contribution in [0.3, 0.4) is 0 Å². The summed E-state index contributed by atoms with van der Waals surface area (Å²) in [5.74, 6) is 1.29. The van der Waals surface area contributed by atoms with Crippen LogP contribution in [-0.2, 0) is 11.0 Å². The maximum atomic E-state index is 11.8. The standard InChI is InChI=1S/C13H19NO3S/c1-13(2,3)18(15)14-9-10-6-7-11(16-4)12(8-10)17-5/h6-9H,1-5H3/t18-/m0/s1. The Morgan fingerprint density at radius 1 is 1.17 bits per heavy atom. The monoisotopic (exact) mass is 269 g/mol. The first-order valence-electron chi connectivity index (χ1n) is 5.56. The van der Waals surface area contributed by atoms with E-state index in [0.717, 1.165) is 5.56 Å². The van der Waals surface area contributed by atoms with Crippen molar-refractivity contribution in [3.05, 3.63) is 23.8 Å². The molecule has 0 aliphatic heterocycles. The second kappa shape index (κ2) is 6.00. The molecule has 0 unspecified atom stereocenters. The van der Waals surface area contributed by atoms with Gasteiger partial charge in [-0.1, -0.05) is 0 Å². The lowest BCUT2D eigenvalue weighted by Gasteiger charge is -2.12. The lowest BCUT2D eigenvalue weighted by Crippen LogP contribution is -2.19. The quantitative estimate of drug-likeness (QED) is 0.789. The Kier molecular flexibility index (Phi) is 4.90. The predicted octanol–water partition coefficient (Wildman–Crippen LogP) is 2.58. The summed E-state index contributed by atoms with van der Waals surface area (Å²) in [5, 5.41) is 0. The Hall–Kier alpha value is -1.36. The van der Waals surface area contributed by atoms with Crippen molar-refractivity contribution in [1.82, 2.24) is 0 Å². The molecule has 4 nitrogen and oxygen atoms in total. The predicted molar refractivity (Wildman–Crippen MR) is 75.0 cm³/mol. The van der Waals surface area contributed by atoms with E-state index >= 15 is 0 Å². The third-order valence-corrected chi connectivity index (χ3v) is 3.57. The van der Waals surface area contributed by atoms with Crippen molar-refractivity contribution in [2.45, 2.75) is 25.5 Å². The van der Waals surface area contributed by atoms with E-state index in [9.17, 15) is 4.21 Å². The molecule has 1 rings (SSSR count). The zero-order chi connectivity index (χ0) is 13.8. The number of benzene rings is 1. The number of rotatable bonds is 4. The fourth-order valence-electron chi connectivity index (χ4n) is 1.20. The van der Waals surface area contributed by atoms with Crippen LogP contribution in [0.5, 0.6) is 11.5 Å². The Morgan fingerprint density at radius 3 is 2.28 bits per heavy atom. The van der Waals surface area contributed by atoms with E-state index in [4.69, 9.17) is 9.47 Å². The molecule has 100 valence electrons.